The van der Waals surface area contributed by atoms with Crippen LogP contribution in [0.15, 0.2) is 12.5 Å². The largest absolute Gasteiger partial charge is 0.478 e. The van der Waals surface area contributed by atoms with Crippen LogP contribution in [-0.4, -0.2) is 27.1 Å². The van der Waals surface area contributed by atoms with Gasteiger partial charge in [-0.25, -0.2) is 14.8 Å². The zero-order valence-corrected chi connectivity index (χ0v) is 9.18. The molecule has 5 heteroatoms. The summed E-state index contributed by atoms with van der Waals surface area (Å²) in [5.74, 6) is -0.193. The Balaban J connectivity index is 1.95. The maximum Gasteiger partial charge on any atom is 0.339 e. The molecule has 1 aromatic rings. The van der Waals surface area contributed by atoms with E-state index >= 15 is 0 Å². The molecule has 0 unspecified atom stereocenters. The minimum atomic E-state index is -0.973. The number of aromatic carboxylic acids is 1. The molecule has 1 aliphatic carbocycles. The van der Waals surface area contributed by atoms with Gasteiger partial charge < -0.3 is 10.4 Å². The molecular weight excluding hydrogens is 206 g/mol. The molecule has 0 spiro atoms. The van der Waals surface area contributed by atoms with Crippen molar-refractivity contribution in [1.82, 2.24) is 15.3 Å². The molecule has 2 rings (SSSR count). The summed E-state index contributed by atoms with van der Waals surface area (Å²) in [6, 6.07) is 0.506. The lowest BCUT2D eigenvalue weighted by Gasteiger charge is -2.33. The van der Waals surface area contributed by atoms with Crippen LogP contribution in [0.1, 0.15) is 35.8 Å². The summed E-state index contributed by atoms with van der Waals surface area (Å²) in [6.45, 7) is 2.72. The predicted octanol–water partition coefficient (Wildman–Crippen LogP) is 1.06. The molecule has 1 fully saturated rings. The summed E-state index contributed by atoms with van der Waals surface area (Å²) in [5, 5.41) is 12.2. The topological polar surface area (TPSA) is 75.1 Å². The number of hydrogen-bond donors (Lipinski definition) is 2. The Hall–Kier alpha value is -1.49. The van der Waals surface area contributed by atoms with Gasteiger partial charge in [0.1, 0.15) is 11.9 Å². The van der Waals surface area contributed by atoms with Gasteiger partial charge in [0.15, 0.2) is 0 Å². The van der Waals surface area contributed by atoms with E-state index in [1.165, 1.54) is 12.5 Å². The van der Waals surface area contributed by atoms with Gasteiger partial charge in [-0.1, -0.05) is 6.92 Å². The van der Waals surface area contributed by atoms with Crippen molar-refractivity contribution in [3.8, 4) is 0 Å². The van der Waals surface area contributed by atoms with Gasteiger partial charge >= 0.3 is 5.97 Å². The van der Waals surface area contributed by atoms with Gasteiger partial charge in [-0.05, 0) is 18.8 Å². The fraction of sp³-hybridized carbons (Fsp3) is 0.545. The molecule has 0 amide bonds. The molecule has 1 heterocycles. The van der Waals surface area contributed by atoms with Crippen molar-refractivity contribution in [3.05, 3.63) is 23.8 Å². The second-order valence-corrected chi connectivity index (χ2v) is 4.34. The summed E-state index contributed by atoms with van der Waals surface area (Å²) < 4.78 is 0. The molecule has 1 aromatic heterocycles. The van der Waals surface area contributed by atoms with Crippen LogP contribution in [0, 0.1) is 5.92 Å². The van der Waals surface area contributed by atoms with Crippen LogP contribution >= 0.6 is 0 Å². The van der Waals surface area contributed by atoms with Crippen LogP contribution in [0.25, 0.3) is 0 Å². The summed E-state index contributed by atoms with van der Waals surface area (Å²) in [5.41, 5.74) is 0.740. The van der Waals surface area contributed by atoms with Crippen molar-refractivity contribution in [2.75, 3.05) is 0 Å². The van der Waals surface area contributed by atoms with Crippen molar-refractivity contribution in [2.24, 2.45) is 5.92 Å². The quantitative estimate of drug-likeness (QED) is 0.795. The van der Waals surface area contributed by atoms with Crippen LogP contribution in [0.5, 0.6) is 0 Å². The molecule has 0 aliphatic heterocycles. The molecule has 0 radical (unpaired) electrons. The normalized spacial score (nSPS) is 23.8. The maximum atomic E-state index is 10.9. The highest BCUT2D eigenvalue weighted by atomic mass is 16.4. The van der Waals surface area contributed by atoms with Gasteiger partial charge in [0.25, 0.3) is 0 Å². The first-order valence-corrected chi connectivity index (χ1v) is 5.42. The first-order valence-electron chi connectivity index (χ1n) is 5.42. The van der Waals surface area contributed by atoms with Crippen molar-refractivity contribution in [3.63, 3.8) is 0 Å². The standard InChI is InChI=1S/C11H15N3O2/c1-7-2-8(3-7)13-5-10-9(11(15)16)4-12-6-14-10/h4,6-8,13H,2-3,5H2,1H3,(H,15,16). The molecule has 1 aliphatic rings. The SMILES string of the molecule is CC1CC(NCc2ncncc2C(=O)O)C1. The smallest absolute Gasteiger partial charge is 0.339 e. The highest BCUT2D eigenvalue weighted by molar-refractivity contribution is 5.88. The van der Waals surface area contributed by atoms with E-state index in [0.29, 0.717) is 18.3 Å². The number of rotatable bonds is 4. The molecule has 16 heavy (non-hydrogen) atoms. The highest BCUT2D eigenvalue weighted by Gasteiger charge is 2.25. The van der Waals surface area contributed by atoms with E-state index in [2.05, 4.69) is 22.2 Å². The lowest BCUT2D eigenvalue weighted by Crippen LogP contribution is -2.40. The number of carbonyl (C=O) groups is 1. The van der Waals surface area contributed by atoms with Crippen LogP contribution in [0.3, 0.4) is 0 Å². The fourth-order valence-electron chi connectivity index (χ4n) is 1.98. The van der Waals surface area contributed by atoms with E-state index in [4.69, 9.17) is 5.11 Å². The summed E-state index contributed by atoms with van der Waals surface area (Å²) >= 11 is 0. The molecule has 86 valence electrons. The molecule has 0 bridgehead atoms. The Morgan fingerprint density at radius 2 is 2.38 bits per heavy atom. The Morgan fingerprint density at radius 3 is 3.00 bits per heavy atom. The van der Waals surface area contributed by atoms with Gasteiger partial charge in [-0.2, -0.15) is 0 Å². The van der Waals surface area contributed by atoms with Gasteiger partial charge in [0.05, 0.1) is 5.69 Å². The van der Waals surface area contributed by atoms with Crippen LogP contribution < -0.4 is 5.32 Å². The average Bonchev–Trinajstić information content (AvgIpc) is 2.23. The zero-order valence-electron chi connectivity index (χ0n) is 9.18. The summed E-state index contributed by atoms with van der Waals surface area (Å²) in [7, 11) is 0. The van der Waals surface area contributed by atoms with Gasteiger partial charge in [0.2, 0.25) is 0 Å². The Bertz CT molecular complexity index is 389. The van der Waals surface area contributed by atoms with Crippen molar-refractivity contribution in [2.45, 2.75) is 32.4 Å². The average molecular weight is 221 g/mol. The maximum absolute atomic E-state index is 10.9. The number of hydrogen-bond acceptors (Lipinski definition) is 4. The van der Waals surface area contributed by atoms with Gasteiger partial charge in [-0.15, -0.1) is 0 Å². The second-order valence-electron chi connectivity index (χ2n) is 4.34. The van der Waals surface area contributed by atoms with Gasteiger partial charge in [-0.3, -0.25) is 0 Å². The number of aromatic nitrogens is 2. The first kappa shape index (κ1) is 11.0. The lowest BCUT2D eigenvalue weighted by atomic mass is 9.82. The van der Waals surface area contributed by atoms with E-state index in [0.717, 1.165) is 18.8 Å². The number of carboxylic acids is 1. The van der Waals surface area contributed by atoms with E-state index in [9.17, 15) is 4.79 Å². The Kier molecular flexibility index (Phi) is 3.14. The monoisotopic (exact) mass is 221 g/mol. The van der Waals surface area contributed by atoms with E-state index in [1.807, 2.05) is 0 Å². The van der Waals surface area contributed by atoms with Crippen LogP contribution in [0.4, 0.5) is 0 Å². The van der Waals surface area contributed by atoms with E-state index in [1.54, 1.807) is 0 Å². The molecule has 0 atom stereocenters. The molecule has 0 saturated heterocycles. The third-order valence-corrected chi connectivity index (χ3v) is 2.96. The van der Waals surface area contributed by atoms with Crippen molar-refractivity contribution >= 4 is 5.97 Å². The number of carboxylic acid groups (broad SMARTS) is 1. The Labute approximate surface area is 93.9 Å². The van der Waals surface area contributed by atoms with E-state index < -0.39 is 5.97 Å². The minimum Gasteiger partial charge on any atom is -0.478 e. The summed E-state index contributed by atoms with van der Waals surface area (Å²) in [6.07, 6.45) is 5.05. The second kappa shape index (κ2) is 4.57. The van der Waals surface area contributed by atoms with Crippen molar-refractivity contribution in [1.29, 1.82) is 0 Å². The van der Waals surface area contributed by atoms with Crippen LogP contribution in [-0.2, 0) is 6.54 Å². The zero-order chi connectivity index (χ0) is 11.5. The van der Waals surface area contributed by atoms with Crippen LogP contribution in [0.2, 0.25) is 0 Å². The molecule has 5 nitrogen and oxygen atoms in total. The fourth-order valence-corrected chi connectivity index (χ4v) is 1.98. The van der Waals surface area contributed by atoms with Gasteiger partial charge in [0, 0.05) is 18.8 Å². The molecule has 2 N–H and O–H groups in total. The molecular formula is C11H15N3O2. The lowest BCUT2D eigenvalue weighted by molar-refractivity contribution is 0.0694. The predicted molar refractivity (Wildman–Crippen MR) is 58.0 cm³/mol. The first-order chi connectivity index (χ1) is 7.66. The number of nitrogens with zero attached hydrogens (tertiary/aromatic N) is 2. The molecule has 0 aromatic carbocycles. The third-order valence-electron chi connectivity index (χ3n) is 2.96. The summed E-state index contributed by atoms with van der Waals surface area (Å²) in [4.78, 5) is 18.6. The van der Waals surface area contributed by atoms with E-state index in [-0.39, 0.29) is 5.56 Å². The third kappa shape index (κ3) is 2.36. The highest BCUT2D eigenvalue weighted by Crippen LogP contribution is 2.26. The number of nitrogens with one attached hydrogen (secondary N) is 1. The Morgan fingerprint density at radius 1 is 1.62 bits per heavy atom. The molecule has 1 saturated carbocycles. The minimum absolute atomic E-state index is 0.183. The van der Waals surface area contributed by atoms with Crippen molar-refractivity contribution < 1.29 is 9.90 Å².